The van der Waals surface area contributed by atoms with Crippen molar-refractivity contribution in [3.05, 3.63) is 0 Å². The van der Waals surface area contributed by atoms with Crippen LogP contribution in [0.3, 0.4) is 0 Å². The molecule has 0 aromatic rings. The number of carbonyl (C=O) groups excluding carboxylic acids is 1. The fraction of sp³-hybridized carbons (Fsp3) is 0.909. The highest BCUT2D eigenvalue weighted by molar-refractivity contribution is 7.90. The van der Waals surface area contributed by atoms with E-state index in [1.54, 1.807) is 6.92 Å². The van der Waals surface area contributed by atoms with Crippen molar-refractivity contribution in [3.8, 4) is 0 Å². The lowest BCUT2D eigenvalue weighted by molar-refractivity contribution is -0.121. The molecule has 1 rings (SSSR count). The maximum atomic E-state index is 11.5. The second-order valence-corrected chi connectivity index (χ2v) is 7.11. The maximum Gasteiger partial charge on any atom is 0.234 e. The minimum atomic E-state index is -2.99. The monoisotopic (exact) mass is 262 g/mol. The Bertz CT molecular complexity index is 348. The molecule has 1 saturated carbocycles. The number of nitrogens with one attached hydrogen (secondary N) is 2. The average molecular weight is 262 g/mol. The van der Waals surface area contributed by atoms with Crippen molar-refractivity contribution in [3.63, 3.8) is 0 Å². The Kier molecular flexibility index (Phi) is 5.39. The van der Waals surface area contributed by atoms with Crippen LogP contribution in [0, 0.1) is 0 Å². The summed E-state index contributed by atoms with van der Waals surface area (Å²) in [5, 5.41) is 5.87. The maximum absolute atomic E-state index is 11.5. The Morgan fingerprint density at radius 3 is 2.47 bits per heavy atom. The van der Waals surface area contributed by atoms with Crippen LogP contribution in [0.5, 0.6) is 0 Å². The highest BCUT2D eigenvalue weighted by Gasteiger charge is 2.17. The smallest absolute Gasteiger partial charge is 0.234 e. The molecule has 1 aliphatic carbocycles. The highest BCUT2D eigenvalue weighted by atomic mass is 32.2. The van der Waals surface area contributed by atoms with Gasteiger partial charge in [-0.1, -0.05) is 12.8 Å². The van der Waals surface area contributed by atoms with Gasteiger partial charge < -0.3 is 10.6 Å². The van der Waals surface area contributed by atoms with E-state index in [1.807, 2.05) is 0 Å². The minimum Gasteiger partial charge on any atom is -0.352 e. The molecule has 1 unspecified atom stereocenters. The summed E-state index contributed by atoms with van der Waals surface area (Å²) >= 11 is 0. The van der Waals surface area contributed by atoms with E-state index in [1.165, 1.54) is 19.1 Å². The zero-order chi connectivity index (χ0) is 12.9. The standard InChI is InChI=1S/C11H22N2O3S/c1-9(8-17(2,15)16)12-7-11(14)13-10-5-3-4-6-10/h9-10,12H,3-8H2,1-2H3,(H,13,14). The van der Waals surface area contributed by atoms with Crippen LogP contribution in [0.25, 0.3) is 0 Å². The van der Waals surface area contributed by atoms with E-state index < -0.39 is 9.84 Å². The van der Waals surface area contributed by atoms with Gasteiger partial charge in [0.1, 0.15) is 9.84 Å². The molecule has 0 aromatic carbocycles. The second kappa shape index (κ2) is 6.35. The van der Waals surface area contributed by atoms with Crippen LogP contribution in [-0.2, 0) is 14.6 Å². The van der Waals surface area contributed by atoms with Crippen LogP contribution in [0.4, 0.5) is 0 Å². The molecule has 1 atom stereocenters. The molecule has 17 heavy (non-hydrogen) atoms. The van der Waals surface area contributed by atoms with Crippen LogP contribution in [0.1, 0.15) is 32.6 Å². The summed E-state index contributed by atoms with van der Waals surface area (Å²) in [5.41, 5.74) is 0. The molecule has 5 nitrogen and oxygen atoms in total. The summed E-state index contributed by atoms with van der Waals surface area (Å²) in [6.45, 7) is 1.96. The molecule has 0 saturated heterocycles. The Labute approximate surface area is 103 Å². The van der Waals surface area contributed by atoms with Crippen LogP contribution >= 0.6 is 0 Å². The zero-order valence-electron chi connectivity index (χ0n) is 10.5. The summed E-state index contributed by atoms with van der Waals surface area (Å²) in [6.07, 6.45) is 5.69. The molecule has 0 aliphatic heterocycles. The van der Waals surface area contributed by atoms with Crippen molar-refractivity contribution in [2.24, 2.45) is 0 Å². The van der Waals surface area contributed by atoms with Gasteiger partial charge in [0.05, 0.1) is 12.3 Å². The van der Waals surface area contributed by atoms with E-state index >= 15 is 0 Å². The fourth-order valence-corrected chi connectivity index (χ4v) is 3.15. The predicted octanol–water partition coefficient (Wildman–Crippen LogP) is 0.0679. The third-order valence-corrected chi connectivity index (χ3v) is 3.99. The van der Waals surface area contributed by atoms with Gasteiger partial charge in [0, 0.05) is 18.3 Å². The summed E-state index contributed by atoms with van der Waals surface area (Å²) in [5.74, 6) is 0.0150. The number of sulfone groups is 1. The molecule has 0 heterocycles. The Morgan fingerprint density at radius 2 is 1.94 bits per heavy atom. The Morgan fingerprint density at radius 1 is 1.35 bits per heavy atom. The van der Waals surface area contributed by atoms with E-state index in [9.17, 15) is 13.2 Å². The summed E-state index contributed by atoms with van der Waals surface area (Å²) in [4.78, 5) is 11.5. The molecule has 2 N–H and O–H groups in total. The fourth-order valence-electron chi connectivity index (χ4n) is 2.13. The zero-order valence-corrected chi connectivity index (χ0v) is 11.3. The first-order valence-electron chi connectivity index (χ1n) is 6.07. The lowest BCUT2D eigenvalue weighted by Gasteiger charge is -2.15. The van der Waals surface area contributed by atoms with Gasteiger partial charge in [-0.05, 0) is 19.8 Å². The van der Waals surface area contributed by atoms with Gasteiger partial charge in [0.25, 0.3) is 0 Å². The van der Waals surface area contributed by atoms with Gasteiger partial charge in [0.2, 0.25) is 5.91 Å². The summed E-state index contributed by atoms with van der Waals surface area (Å²) in [7, 11) is -2.99. The van der Waals surface area contributed by atoms with Crippen molar-refractivity contribution in [1.29, 1.82) is 0 Å². The molecule has 0 spiro atoms. The van der Waals surface area contributed by atoms with E-state index in [0.29, 0.717) is 6.04 Å². The lowest BCUT2D eigenvalue weighted by atomic mass is 10.2. The molecule has 6 heteroatoms. The first kappa shape index (κ1) is 14.4. The first-order valence-corrected chi connectivity index (χ1v) is 8.13. The summed E-state index contributed by atoms with van der Waals surface area (Å²) < 4.78 is 22.0. The predicted molar refractivity (Wildman–Crippen MR) is 67.6 cm³/mol. The Hall–Kier alpha value is -0.620. The third-order valence-electron chi connectivity index (χ3n) is 2.88. The molecule has 100 valence electrons. The van der Waals surface area contributed by atoms with E-state index in [2.05, 4.69) is 10.6 Å². The second-order valence-electron chi connectivity index (χ2n) is 4.92. The van der Waals surface area contributed by atoms with Crippen molar-refractivity contribution in [2.45, 2.75) is 44.7 Å². The van der Waals surface area contributed by atoms with Gasteiger partial charge in [-0.2, -0.15) is 0 Å². The number of rotatable bonds is 6. The average Bonchev–Trinajstić information content (AvgIpc) is 2.64. The van der Waals surface area contributed by atoms with Crippen LogP contribution in [0.15, 0.2) is 0 Å². The highest BCUT2D eigenvalue weighted by Crippen LogP contribution is 2.17. The lowest BCUT2D eigenvalue weighted by Crippen LogP contribution is -2.43. The first-order chi connectivity index (χ1) is 7.87. The quantitative estimate of drug-likeness (QED) is 0.710. The van der Waals surface area contributed by atoms with Crippen molar-refractivity contribution >= 4 is 15.7 Å². The number of hydrogen-bond acceptors (Lipinski definition) is 4. The number of hydrogen-bond donors (Lipinski definition) is 2. The molecular formula is C11H22N2O3S. The molecule has 1 aliphatic rings. The molecule has 1 fully saturated rings. The van der Waals surface area contributed by atoms with E-state index in [0.717, 1.165) is 12.8 Å². The summed E-state index contributed by atoms with van der Waals surface area (Å²) in [6, 6.07) is 0.119. The van der Waals surface area contributed by atoms with E-state index in [-0.39, 0.29) is 24.2 Å². The number of carbonyl (C=O) groups is 1. The topological polar surface area (TPSA) is 75.3 Å². The molecule has 0 aromatic heterocycles. The molecule has 1 amide bonds. The van der Waals surface area contributed by atoms with E-state index in [4.69, 9.17) is 0 Å². The van der Waals surface area contributed by atoms with Gasteiger partial charge in [-0.3, -0.25) is 4.79 Å². The molecule has 0 bridgehead atoms. The van der Waals surface area contributed by atoms with Gasteiger partial charge in [0.15, 0.2) is 0 Å². The van der Waals surface area contributed by atoms with Crippen LogP contribution < -0.4 is 10.6 Å². The van der Waals surface area contributed by atoms with Crippen molar-refractivity contribution in [1.82, 2.24) is 10.6 Å². The van der Waals surface area contributed by atoms with Gasteiger partial charge in [-0.15, -0.1) is 0 Å². The van der Waals surface area contributed by atoms with Crippen molar-refractivity contribution in [2.75, 3.05) is 18.6 Å². The van der Waals surface area contributed by atoms with Crippen LogP contribution in [0.2, 0.25) is 0 Å². The van der Waals surface area contributed by atoms with Gasteiger partial charge in [-0.25, -0.2) is 8.42 Å². The Balaban J connectivity index is 2.18. The minimum absolute atomic E-state index is 0.0442. The van der Waals surface area contributed by atoms with Gasteiger partial charge >= 0.3 is 0 Å². The largest absolute Gasteiger partial charge is 0.352 e. The molecular weight excluding hydrogens is 240 g/mol. The SMILES string of the molecule is CC(CS(C)(=O)=O)NCC(=O)NC1CCCC1. The van der Waals surface area contributed by atoms with Crippen molar-refractivity contribution < 1.29 is 13.2 Å². The third kappa shape index (κ3) is 6.63. The normalized spacial score (nSPS) is 19.2. The number of amides is 1. The molecule has 0 radical (unpaired) electrons. The van der Waals surface area contributed by atoms with Crippen LogP contribution in [-0.4, -0.2) is 45.0 Å².